The third-order valence-corrected chi connectivity index (χ3v) is 3.13. The molecule has 2 aromatic carbocycles. The fraction of sp³-hybridized carbons (Fsp3) is 0.200. The summed E-state index contributed by atoms with van der Waals surface area (Å²) in [7, 11) is 1.52. The van der Waals surface area contributed by atoms with Crippen LogP contribution in [0.15, 0.2) is 42.5 Å². The molecule has 0 radical (unpaired) electrons. The van der Waals surface area contributed by atoms with E-state index in [0.29, 0.717) is 5.56 Å². The van der Waals surface area contributed by atoms with Crippen molar-refractivity contribution >= 4 is 0 Å². The van der Waals surface area contributed by atoms with Crippen LogP contribution in [0.25, 0.3) is 0 Å². The quantitative estimate of drug-likeness (QED) is 0.834. The van der Waals surface area contributed by atoms with Crippen molar-refractivity contribution < 1.29 is 22.0 Å². The average molecular weight is 301 g/mol. The van der Waals surface area contributed by atoms with Crippen molar-refractivity contribution in [2.75, 3.05) is 7.05 Å². The molecule has 2 aromatic rings. The van der Waals surface area contributed by atoms with E-state index in [-0.39, 0.29) is 5.56 Å². The molecule has 0 bridgehead atoms. The molecular formula is C15H12F5N. The Kier molecular flexibility index (Phi) is 4.27. The fourth-order valence-corrected chi connectivity index (χ4v) is 2.10. The molecule has 0 aliphatic heterocycles. The predicted molar refractivity (Wildman–Crippen MR) is 68.7 cm³/mol. The molecule has 0 saturated heterocycles. The minimum Gasteiger partial charge on any atom is -0.309 e. The van der Waals surface area contributed by atoms with Crippen molar-refractivity contribution in [1.82, 2.24) is 5.32 Å². The molecule has 6 heteroatoms. The van der Waals surface area contributed by atoms with E-state index in [4.69, 9.17) is 0 Å². The van der Waals surface area contributed by atoms with Crippen LogP contribution in [-0.4, -0.2) is 7.05 Å². The second kappa shape index (κ2) is 5.81. The van der Waals surface area contributed by atoms with Crippen LogP contribution in [0.5, 0.6) is 0 Å². The van der Waals surface area contributed by atoms with Gasteiger partial charge in [0, 0.05) is 5.56 Å². The summed E-state index contributed by atoms with van der Waals surface area (Å²) in [5.74, 6) is -1.24. The van der Waals surface area contributed by atoms with Crippen LogP contribution >= 0.6 is 0 Å². The number of halogens is 5. The van der Waals surface area contributed by atoms with E-state index in [2.05, 4.69) is 5.32 Å². The summed E-state index contributed by atoms with van der Waals surface area (Å²) in [4.78, 5) is 0. The monoisotopic (exact) mass is 301 g/mol. The van der Waals surface area contributed by atoms with Crippen molar-refractivity contribution in [3.63, 3.8) is 0 Å². The van der Waals surface area contributed by atoms with Gasteiger partial charge in [0.25, 0.3) is 0 Å². The lowest BCUT2D eigenvalue weighted by Crippen LogP contribution is -2.19. The Hall–Kier alpha value is -1.95. The minimum absolute atomic E-state index is 0.0391. The summed E-state index contributed by atoms with van der Waals surface area (Å²) >= 11 is 0. The Morgan fingerprint density at radius 2 is 1.57 bits per heavy atom. The Labute approximate surface area is 118 Å². The maximum Gasteiger partial charge on any atom is 0.416 e. The van der Waals surface area contributed by atoms with Gasteiger partial charge in [-0.05, 0) is 42.9 Å². The molecular weight excluding hydrogens is 289 g/mol. The van der Waals surface area contributed by atoms with Crippen LogP contribution in [-0.2, 0) is 6.18 Å². The first kappa shape index (κ1) is 15.4. The highest BCUT2D eigenvalue weighted by Gasteiger charge is 2.30. The molecule has 1 unspecified atom stereocenters. The minimum atomic E-state index is -4.43. The summed E-state index contributed by atoms with van der Waals surface area (Å²) in [5.41, 5.74) is -0.340. The van der Waals surface area contributed by atoms with E-state index in [0.717, 1.165) is 30.3 Å². The number of hydrogen-bond acceptors (Lipinski definition) is 1. The molecule has 1 nitrogen and oxygen atoms in total. The lowest BCUT2D eigenvalue weighted by atomic mass is 9.97. The van der Waals surface area contributed by atoms with Crippen molar-refractivity contribution in [2.24, 2.45) is 0 Å². The summed E-state index contributed by atoms with van der Waals surface area (Å²) in [5, 5.41) is 2.77. The molecule has 0 amide bonds. The zero-order valence-corrected chi connectivity index (χ0v) is 11.0. The van der Waals surface area contributed by atoms with Gasteiger partial charge in [-0.25, -0.2) is 8.78 Å². The molecule has 1 atom stereocenters. The van der Waals surface area contributed by atoms with Crippen LogP contribution in [0.4, 0.5) is 22.0 Å². The molecule has 0 fully saturated rings. The molecule has 2 rings (SSSR count). The van der Waals surface area contributed by atoms with Gasteiger partial charge in [-0.15, -0.1) is 0 Å². The number of benzene rings is 2. The zero-order valence-electron chi connectivity index (χ0n) is 11.0. The third kappa shape index (κ3) is 3.39. The van der Waals surface area contributed by atoms with Gasteiger partial charge in [-0.2, -0.15) is 13.2 Å². The maximum atomic E-state index is 13.8. The van der Waals surface area contributed by atoms with E-state index < -0.39 is 29.4 Å². The largest absolute Gasteiger partial charge is 0.416 e. The number of alkyl halides is 3. The van der Waals surface area contributed by atoms with Gasteiger partial charge >= 0.3 is 6.18 Å². The van der Waals surface area contributed by atoms with E-state index >= 15 is 0 Å². The molecule has 0 aliphatic rings. The first-order chi connectivity index (χ1) is 9.82. The van der Waals surface area contributed by atoms with Crippen LogP contribution in [0.3, 0.4) is 0 Å². The van der Waals surface area contributed by atoms with E-state index in [1.54, 1.807) is 0 Å². The van der Waals surface area contributed by atoms with Crippen LogP contribution < -0.4 is 5.32 Å². The van der Waals surface area contributed by atoms with Crippen LogP contribution in [0.1, 0.15) is 22.7 Å². The lowest BCUT2D eigenvalue weighted by molar-refractivity contribution is -0.137. The van der Waals surface area contributed by atoms with E-state index in [9.17, 15) is 22.0 Å². The molecule has 0 aromatic heterocycles. The molecule has 1 N–H and O–H groups in total. The first-order valence-electron chi connectivity index (χ1n) is 6.12. The molecule has 0 saturated carbocycles. The van der Waals surface area contributed by atoms with Crippen molar-refractivity contribution in [3.8, 4) is 0 Å². The van der Waals surface area contributed by atoms with Crippen molar-refractivity contribution in [1.29, 1.82) is 0 Å². The van der Waals surface area contributed by atoms with Gasteiger partial charge in [0.05, 0.1) is 11.6 Å². The SMILES string of the molecule is CNC(c1ccc(C(F)(F)F)cc1)c1cc(F)ccc1F. The molecule has 21 heavy (non-hydrogen) atoms. The van der Waals surface area contributed by atoms with Crippen molar-refractivity contribution in [2.45, 2.75) is 12.2 Å². The first-order valence-corrected chi connectivity index (χ1v) is 6.12. The van der Waals surface area contributed by atoms with Gasteiger partial charge in [-0.3, -0.25) is 0 Å². The fourth-order valence-electron chi connectivity index (χ4n) is 2.10. The Morgan fingerprint density at radius 1 is 0.952 bits per heavy atom. The second-order valence-corrected chi connectivity index (χ2v) is 4.51. The summed E-state index contributed by atoms with van der Waals surface area (Å²) in [6.07, 6.45) is -4.43. The van der Waals surface area contributed by atoms with Crippen LogP contribution in [0.2, 0.25) is 0 Å². The highest BCUT2D eigenvalue weighted by molar-refractivity contribution is 5.35. The Bertz CT molecular complexity index is 619. The Balaban J connectivity index is 2.40. The Morgan fingerprint density at radius 3 is 2.10 bits per heavy atom. The summed E-state index contributed by atoms with van der Waals surface area (Å²) in [6.45, 7) is 0. The smallest absolute Gasteiger partial charge is 0.309 e. The number of nitrogens with one attached hydrogen (secondary N) is 1. The summed E-state index contributed by atoms with van der Waals surface area (Å²) < 4.78 is 64.6. The maximum absolute atomic E-state index is 13.8. The van der Waals surface area contributed by atoms with Crippen LogP contribution in [0, 0.1) is 11.6 Å². The number of rotatable bonds is 3. The van der Waals surface area contributed by atoms with Gasteiger partial charge in [-0.1, -0.05) is 12.1 Å². The topological polar surface area (TPSA) is 12.0 Å². The highest BCUT2D eigenvalue weighted by Crippen LogP contribution is 2.31. The summed E-state index contributed by atoms with van der Waals surface area (Å²) in [6, 6.07) is 6.57. The number of hydrogen-bond donors (Lipinski definition) is 1. The standard InChI is InChI=1S/C15H12F5N/c1-21-14(12-8-11(16)6-7-13(12)17)9-2-4-10(5-3-9)15(18,19)20/h2-8,14,21H,1H3. The third-order valence-electron chi connectivity index (χ3n) is 3.13. The predicted octanol–water partition coefficient (Wildman–Crippen LogP) is 4.29. The molecule has 0 spiro atoms. The average Bonchev–Trinajstić information content (AvgIpc) is 2.43. The van der Waals surface area contributed by atoms with Crippen molar-refractivity contribution in [3.05, 3.63) is 70.8 Å². The van der Waals surface area contributed by atoms with Gasteiger partial charge in [0.2, 0.25) is 0 Å². The van der Waals surface area contributed by atoms with E-state index in [1.165, 1.54) is 19.2 Å². The zero-order chi connectivity index (χ0) is 15.6. The lowest BCUT2D eigenvalue weighted by Gasteiger charge is -2.18. The van der Waals surface area contributed by atoms with Gasteiger partial charge in [0.1, 0.15) is 11.6 Å². The normalized spacial score (nSPS) is 13.2. The van der Waals surface area contributed by atoms with E-state index in [1.807, 2.05) is 0 Å². The second-order valence-electron chi connectivity index (χ2n) is 4.51. The molecule has 0 aliphatic carbocycles. The molecule has 112 valence electrons. The van der Waals surface area contributed by atoms with Gasteiger partial charge in [0.15, 0.2) is 0 Å². The van der Waals surface area contributed by atoms with Gasteiger partial charge < -0.3 is 5.32 Å². The highest BCUT2D eigenvalue weighted by atomic mass is 19.4. The molecule has 0 heterocycles.